The monoisotopic (exact) mass is 210 g/mol. The fraction of sp³-hybridized carbons (Fsp3) is 0.400. The molecule has 1 aromatic rings. The van der Waals surface area contributed by atoms with Gasteiger partial charge in [-0.25, -0.2) is 9.78 Å². The average molecular weight is 210 g/mol. The fourth-order valence-corrected chi connectivity index (χ4v) is 1.67. The lowest BCUT2D eigenvalue weighted by Gasteiger charge is -2.15. The van der Waals surface area contributed by atoms with E-state index in [-0.39, 0.29) is 5.48 Å². The summed E-state index contributed by atoms with van der Waals surface area (Å²) >= 11 is 0. The Hall–Kier alpha value is -1.62. The Labute approximate surface area is 87.7 Å². The maximum Gasteiger partial charge on any atom is 0.335 e. The minimum absolute atomic E-state index is 0. The Morgan fingerprint density at radius 3 is 2.67 bits per heavy atom. The van der Waals surface area contributed by atoms with Crippen LogP contribution in [-0.2, 0) is 0 Å². The summed E-state index contributed by atoms with van der Waals surface area (Å²) in [6, 6.07) is 3.15. The lowest BCUT2D eigenvalue weighted by Crippen LogP contribution is -2.19. The third-order valence-electron chi connectivity index (χ3n) is 2.42. The van der Waals surface area contributed by atoms with Crippen LogP contribution in [0.15, 0.2) is 18.3 Å². The largest absolute Gasteiger partial charge is 0.478 e. The molecule has 2 heterocycles. The highest BCUT2D eigenvalue weighted by molar-refractivity contribution is 5.88. The smallest absolute Gasteiger partial charge is 0.335 e. The van der Waals surface area contributed by atoms with Gasteiger partial charge in [-0.05, 0) is 25.0 Å². The minimum atomic E-state index is -0.896. The Balaban J connectivity index is 0.00000112. The number of anilines is 1. The molecule has 1 saturated heterocycles. The molecule has 82 valence electrons. The van der Waals surface area contributed by atoms with E-state index in [1.165, 1.54) is 18.9 Å². The Morgan fingerprint density at radius 1 is 1.40 bits per heavy atom. The molecule has 0 saturated carbocycles. The van der Waals surface area contributed by atoms with E-state index in [1.807, 2.05) is 0 Å². The van der Waals surface area contributed by atoms with Crippen LogP contribution in [0.4, 0.5) is 5.82 Å². The molecule has 3 N–H and O–H groups in total. The van der Waals surface area contributed by atoms with Crippen molar-refractivity contribution in [2.45, 2.75) is 12.8 Å². The number of carbonyl (C=O) groups is 1. The number of carboxylic acids is 1. The van der Waals surface area contributed by atoms with Gasteiger partial charge in [-0.3, -0.25) is 0 Å². The van der Waals surface area contributed by atoms with E-state index in [1.54, 1.807) is 12.3 Å². The average Bonchev–Trinajstić information content (AvgIpc) is 2.71. The molecule has 5 nitrogen and oxygen atoms in total. The van der Waals surface area contributed by atoms with Crippen molar-refractivity contribution in [1.29, 1.82) is 0 Å². The molecule has 15 heavy (non-hydrogen) atoms. The molecule has 0 radical (unpaired) electrons. The molecule has 1 fully saturated rings. The maximum absolute atomic E-state index is 10.7. The first kappa shape index (κ1) is 11.5. The van der Waals surface area contributed by atoms with Crippen LogP contribution in [0.3, 0.4) is 0 Å². The van der Waals surface area contributed by atoms with Crippen LogP contribution in [0.2, 0.25) is 0 Å². The standard InChI is InChI=1S/C10H12N2O2.H2O/c13-10(14)8-3-4-11-9(7-8)12-5-1-2-6-12;/h3-4,7H,1-2,5-6H2,(H,13,14);1H2. The van der Waals surface area contributed by atoms with Crippen molar-refractivity contribution in [3.05, 3.63) is 23.9 Å². The summed E-state index contributed by atoms with van der Waals surface area (Å²) in [6.45, 7) is 1.96. The van der Waals surface area contributed by atoms with Crippen LogP contribution < -0.4 is 4.90 Å². The first-order valence-corrected chi connectivity index (χ1v) is 4.71. The van der Waals surface area contributed by atoms with Gasteiger partial charge in [-0.2, -0.15) is 0 Å². The van der Waals surface area contributed by atoms with Gasteiger partial charge in [0.1, 0.15) is 5.82 Å². The molecule has 0 aromatic carbocycles. The van der Waals surface area contributed by atoms with Crippen molar-refractivity contribution in [2.75, 3.05) is 18.0 Å². The van der Waals surface area contributed by atoms with Crippen molar-refractivity contribution in [3.8, 4) is 0 Å². The second kappa shape index (κ2) is 4.75. The van der Waals surface area contributed by atoms with Gasteiger partial charge in [0, 0.05) is 19.3 Å². The van der Waals surface area contributed by atoms with Gasteiger partial charge in [0.15, 0.2) is 0 Å². The molecule has 2 rings (SSSR count). The van der Waals surface area contributed by atoms with Gasteiger partial charge < -0.3 is 15.5 Å². The van der Waals surface area contributed by atoms with E-state index in [9.17, 15) is 4.79 Å². The normalized spacial score (nSPS) is 14.8. The summed E-state index contributed by atoms with van der Waals surface area (Å²) < 4.78 is 0. The number of carboxylic acid groups (broad SMARTS) is 1. The molecule has 0 amide bonds. The fourth-order valence-electron chi connectivity index (χ4n) is 1.67. The lowest BCUT2D eigenvalue weighted by molar-refractivity contribution is 0.0697. The van der Waals surface area contributed by atoms with Gasteiger partial charge in [0.25, 0.3) is 0 Å². The third-order valence-corrected chi connectivity index (χ3v) is 2.42. The molecule has 0 bridgehead atoms. The Kier molecular flexibility index (Phi) is 3.62. The van der Waals surface area contributed by atoms with Crippen molar-refractivity contribution in [3.63, 3.8) is 0 Å². The molecule has 1 aliphatic rings. The van der Waals surface area contributed by atoms with Crippen molar-refractivity contribution >= 4 is 11.8 Å². The molecule has 1 aromatic heterocycles. The summed E-state index contributed by atoms with van der Waals surface area (Å²) in [4.78, 5) is 17.0. The minimum Gasteiger partial charge on any atom is -0.478 e. The number of pyridine rings is 1. The highest BCUT2D eigenvalue weighted by Crippen LogP contribution is 2.18. The SMILES string of the molecule is O.O=C(O)c1ccnc(N2CCCC2)c1. The molecular formula is C10H14N2O3. The molecule has 0 aliphatic carbocycles. The molecule has 0 unspecified atom stereocenters. The van der Waals surface area contributed by atoms with E-state index < -0.39 is 5.97 Å². The van der Waals surface area contributed by atoms with Crippen LogP contribution in [0, 0.1) is 0 Å². The van der Waals surface area contributed by atoms with Crippen LogP contribution in [0.5, 0.6) is 0 Å². The summed E-state index contributed by atoms with van der Waals surface area (Å²) in [5.74, 6) is -0.116. The zero-order valence-electron chi connectivity index (χ0n) is 8.31. The Morgan fingerprint density at radius 2 is 2.07 bits per heavy atom. The Bertz CT molecular complexity index is 348. The van der Waals surface area contributed by atoms with E-state index in [2.05, 4.69) is 9.88 Å². The van der Waals surface area contributed by atoms with E-state index >= 15 is 0 Å². The topological polar surface area (TPSA) is 84.9 Å². The van der Waals surface area contributed by atoms with Gasteiger partial charge in [0.2, 0.25) is 0 Å². The third kappa shape index (κ3) is 2.44. The quantitative estimate of drug-likeness (QED) is 0.772. The number of rotatable bonds is 2. The molecular weight excluding hydrogens is 196 g/mol. The zero-order valence-corrected chi connectivity index (χ0v) is 8.31. The van der Waals surface area contributed by atoms with Gasteiger partial charge in [-0.15, -0.1) is 0 Å². The van der Waals surface area contributed by atoms with Gasteiger partial charge in [-0.1, -0.05) is 0 Å². The molecule has 0 atom stereocenters. The second-order valence-corrected chi connectivity index (χ2v) is 3.40. The number of hydrogen-bond acceptors (Lipinski definition) is 3. The number of nitrogens with zero attached hydrogens (tertiary/aromatic N) is 2. The highest BCUT2D eigenvalue weighted by atomic mass is 16.4. The maximum atomic E-state index is 10.7. The molecule has 5 heteroatoms. The van der Waals surface area contributed by atoms with Crippen LogP contribution >= 0.6 is 0 Å². The van der Waals surface area contributed by atoms with E-state index in [0.717, 1.165) is 18.9 Å². The molecule has 0 spiro atoms. The van der Waals surface area contributed by atoms with E-state index in [4.69, 9.17) is 5.11 Å². The predicted octanol–water partition coefficient (Wildman–Crippen LogP) is 0.555. The van der Waals surface area contributed by atoms with E-state index in [0.29, 0.717) is 5.56 Å². The molecule has 1 aliphatic heterocycles. The lowest BCUT2D eigenvalue weighted by atomic mass is 10.2. The number of aromatic nitrogens is 1. The van der Waals surface area contributed by atoms with Crippen molar-refractivity contribution in [1.82, 2.24) is 4.98 Å². The van der Waals surface area contributed by atoms with Gasteiger partial charge in [0.05, 0.1) is 5.56 Å². The summed E-state index contributed by atoms with van der Waals surface area (Å²) in [7, 11) is 0. The first-order valence-electron chi connectivity index (χ1n) is 4.71. The number of hydrogen-bond donors (Lipinski definition) is 1. The van der Waals surface area contributed by atoms with Crippen molar-refractivity contribution in [2.24, 2.45) is 0 Å². The number of aromatic carboxylic acids is 1. The van der Waals surface area contributed by atoms with Crippen LogP contribution in [0.25, 0.3) is 0 Å². The summed E-state index contributed by atoms with van der Waals surface area (Å²) in [5.41, 5.74) is 0.307. The highest BCUT2D eigenvalue weighted by Gasteiger charge is 2.14. The van der Waals surface area contributed by atoms with Crippen LogP contribution in [-0.4, -0.2) is 34.6 Å². The van der Waals surface area contributed by atoms with Gasteiger partial charge >= 0.3 is 5.97 Å². The summed E-state index contributed by atoms with van der Waals surface area (Å²) in [5, 5.41) is 8.81. The summed E-state index contributed by atoms with van der Waals surface area (Å²) in [6.07, 6.45) is 3.88. The zero-order chi connectivity index (χ0) is 9.97. The van der Waals surface area contributed by atoms with Crippen LogP contribution in [0.1, 0.15) is 23.2 Å². The second-order valence-electron chi connectivity index (χ2n) is 3.40. The first-order chi connectivity index (χ1) is 6.77. The van der Waals surface area contributed by atoms with Crippen molar-refractivity contribution < 1.29 is 15.4 Å². The predicted molar refractivity (Wildman–Crippen MR) is 56.3 cm³/mol.